The van der Waals surface area contributed by atoms with Crippen LogP contribution in [0.15, 0.2) is 30.3 Å². The van der Waals surface area contributed by atoms with E-state index in [0.717, 1.165) is 37.2 Å². The van der Waals surface area contributed by atoms with E-state index < -0.39 is 0 Å². The summed E-state index contributed by atoms with van der Waals surface area (Å²) in [7, 11) is 5.55. The van der Waals surface area contributed by atoms with Crippen molar-refractivity contribution in [1.29, 1.82) is 0 Å². The Labute approximate surface area is 166 Å². The number of anilines is 2. The summed E-state index contributed by atoms with van der Waals surface area (Å²) in [5.74, 6) is 2.21. The van der Waals surface area contributed by atoms with Gasteiger partial charge in [-0.3, -0.25) is 4.79 Å². The van der Waals surface area contributed by atoms with Gasteiger partial charge in [-0.1, -0.05) is 6.07 Å². The van der Waals surface area contributed by atoms with E-state index in [4.69, 9.17) is 4.74 Å². The molecule has 0 atom stereocenters. The van der Waals surface area contributed by atoms with Gasteiger partial charge in [-0.2, -0.15) is 4.98 Å². The number of ether oxygens (including phenoxy) is 1. The molecule has 1 amide bonds. The third-order valence-electron chi connectivity index (χ3n) is 5.03. The van der Waals surface area contributed by atoms with Gasteiger partial charge in [-0.05, 0) is 50.8 Å². The van der Waals surface area contributed by atoms with E-state index in [-0.39, 0.29) is 11.9 Å². The Morgan fingerprint density at radius 1 is 1.11 bits per heavy atom. The molecule has 0 bridgehead atoms. The minimum absolute atomic E-state index is 0.0482. The molecule has 1 heterocycles. The van der Waals surface area contributed by atoms with E-state index in [0.29, 0.717) is 23.3 Å². The largest absolute Gasteiger partial charge is 0.497 e. The van der Waals surface area contributed by atoms with Gasteiger partial charge in [0.05, 0.1) is 7.11 Å². The van der Waals surface area contributed by atoms with Crippen molar-refractivity contribution < 1.29 is 9.53 Å². The van der Waals surface area contributed by atoms with Gasteiger partial charge in [0.2, 0.25) is 5.95 Å². The van der Waals surface area contributed by atoms with Crippen LogP contribution < -0.4 is 20.3 Å². The fourth-order valence-corrected chi connectivity index (χ4v) is 3.44. The Morgan fingerprint density at radius 2 is 1.82 bits per heavy atom. The highest BCUT2D eigenvalue weighted by molar-refractivity contribution is 5.94. The Hall–Kier alpha value is -2.83. The molecule has 1 aromatic heterocycles. The van der Waals surface area contributed by atoms with Crippen molar-refractivity contribution in [2.45, 2.75) is 44.7 Å². The molecule has 0 aliphatic heterocycles. The maximum absolute atomic E-state index is 12.5. The number of amides is 1. The molecule has 2 N–H and O–H groups in total. The second kappa shape index (κ2) is 8.91. The van der Waals surface area contributed by atoms with Crippen molar-refractivity contribution in [3.05, 3.63) is 41.6 Å². The second-order valence-electron chi connectivity index (χ2n) is 7.48. The van der Waals surface area contributed by atoms with Crippen LogP contribution in [0.3, 0.4) is 0 Å². The fourth-order valence-electron chi connectivity index (χ4n) is 3.44. The highest BCUT2D eigenvalue weighted by Crippen LogP contribution is 2.23. The number of rotatable bonds is 6. The number of benzene rings is 1. The molecule has 1 aliphatic rings. The summed E-state index contributed by atoms with van der Waals surface area (Å²) in [6.45, 7) is 1.98. The van der Waals surface area contributed by atoms with Crippen molar-refractivity contribution in [1.82, 2.24) is 15.3 Å². The minimum atomic E-state index is -0.0482. The van der Waals surface area contributed by atoms with Crippen LogP contribution in [0.2, 0.25) is 0 Å². The Bertz CT molecular complexity index is 816. The zero-order valence-electron chi connectivity index (χ0n) is 17.0. The summed E-state index contributed by atoms with van der Waals surface area (Å²) < 4.78 is 5.19. The lowest BCUT2D eigenvalue weighted by atomic mass is 9.91. The molecule has 0 unspecified atom stereocenters. The molecule has 0 spiro atoms. The molecular weight excluding hydrogens is 354 g/mol. The summed E-state index contributed by atoms with van der Waals surface area (Å²) in [6.07, 6.45) is 3.80. The molecule has 3 rings (SSSR count). The number of carbonyl (C=O) groups is 1. The molecular formula is C21H29N5O2. The number of carbonyl (C=O) groups excluding carboxylic acids is 1. The standard InChI is InChI=1S/C21H29N5O2/c1-14-12-19(26(2)3)25-21(22-14)24-17-10-8-16(9-11-17)23-20(27)15-6-5-7-18(13-15)28-4/h5-7,12-13,16-17H,8-11H2,1-4H3,(H,23,27)(H,22,24,25). The van der Waals surface area contributed by atoms with Crippen LogP contribution in [0.5, 0.6) is 5.75 Å². The highest BCUT2D eigenvalue weighted by atomic mass is 16.5. The highest BCUT2D eigenvalue weighted by Gasteiger charge is 2.23. The average molecular weight is 383 g/mol. The Morgan fingerprint density at radius 3 is 2.50 bits per heavy atom. The van der Waals surface area contributed by atoms with E-state index in [2.05, 4.69) is 20.6 Å². The zero-order chi connectivity index (χ0) is 20.1. The van der Waals surface area contributed by atoms with Crippen LogP contribution in [-0.2, 0) is 0 Å². The predicted molar refractivity (Wildman–Crippen MR) is 111 cm³/mol. The van der Waals surface area contributed by atoms with Gasteiger partial charge in [-0.25, -0.2) is 4.98 Å². The van der Waals surface area contributed by atoms with Crippen molar-refractivity contribution in [3.8, 4) is 5.75 Å². The monoisotopic (exact) mass is 383 g/mol. The van der Waals surface area contributed by atoms with Crippen LogP contribution in [0.4, 0.5) is 11.8 Å². The van der Waals surface area contributed by atoms with Gasteiger partial charge in [0.25, 0.3) is 5.91 Å². The lowest BCUT2D eigenvalue weighted by Gasteiger charge is -2.30. The van der Waals surface area contributed by atoms with E-state index in [1.54, 1.807) is 13.2 Å². The van der Waals surface area contributed by atoms with Gasteiger partial charge in [0, 0.05) is 43.5 Å². The summed E-state index contributed by atoms with van der Waals surface area (Å²) >= 11 is 0. The van der Waals surface area contributed by atoms with Gasteiger partial charge >= 0.3 is 0 Å². The van der Waals surface area contributed by atoms with Crippen molar-refractivity contribution >= 4 is 17.7 Å². The molecule has 7 heteroatoms. The minimum Gasteiger partial charge on any atom is -0.497 e. The number of hydrogen-bond donors (Lipinski definition) is 2. The molecule has 1 saturated carbocycles. The second-order valence-corrected chi connectivity index (χ2v) is 7.48. The van der Waals surface area contributed by atoms with Gasteiger partial charge in [0.15, 0.2) is 0 Å². The number of hydrogen-bond acceptors (Lipinski definition) is 6. The first-order valence-electron chi connectivity index (χ1n) is 9.69. The van der Waals surface area contributed by atoms with Gasteiger partial charge in [-0.15, -0.1) is 0 Å². The average Bonchev–Trinajstić information content (AvgIpc) is 2.69. The number of aromatic nitrogens is 2. The van der Waals surface area contributed by atoms with E-state index in [1.165, 1.54) is 0 Å². The number of nitrogens with zero attached hydrogens (tertiary/aromatic N) is 3. The van der Waals surface area contributed by atoms with Crippen LogP contribution in [-0.4, -0.2) is 49.2 Å². The third-order valence-corrected chi connectivity index (χ3v) is 5.03. The smallest absolute Gasteiger partial charge is 0.251 e. The topological polar surface area (TPSA) is 79.4 Å². The first-order valence-corrected chi connectivity index (χ1v) is 9.69. The van der Waals surface area contributed by atoms with E-state index in [9.17, 15) is 4.79 Å². The predicted octanol–water partition coefficient (Wildman–Crippen LogP) is 3.01. The quantitative estimate of drug-likeness (QED) is 0.798. The maximum atomic E-state index is 12.5. The number of nitrogens with one attached hydrogen (secondary N) is 2. The number of aryl methyl sites for hydroxylation is 1. The molecule has 28 heavy (non-hydrogen) atoms. The first-order chi connectivity index (χ1) is 13.4. The van der Waals surface area contributed by atoms with Gasteiger partial charge in [0.1, 0.15) is 11.6 Å². The Kier molecular flexibility index (Phi) is 6.34. The maximum Gasteiger partial charge on any atom is 0.251 e. The molecule has 1 aromatic carbocycles. The van der Waals surface area contributed by atoms with Crippen LogP contribution in [0, 0.1) is 6.92 Å². The van der Waals surface area contributed by atoms with Crippen molar-refractivity contribution in [2.75, 3.05) is 31.4 Å². The molecule has 7 nitrogen and oxygen atoms in total. The summed E-state index contributed by atoms with van der Waals surface area (Å²) in [6, 6.07) is 9.72. The summed E-state index contributed by atoms with van der Waals surface area (Å²) in [5, 5.41) is 6.60. The lowest BCUT2D eigenvalue weighted by molar-refractivity contribution is 0.0926. The van der Waals surface area contributed by atoms with Crippen LogP contribution in [0.25, 0.3) is 0 Å². The number of methoxy groups -OCH3 is 1. The lowest BCUT2D eigenvalue weighted by Crippen LogP contribution is -2.40. The molecule has 0 saturated heterocycles. The fraction of sp³-hybridized carbons (Fsp3) is 0.476. The molecule has 0 radical (unpaired) electrons. The van der Waals surface area contributed by atoms with Crippen molar-refractivity contribution in [3.63, 3.8) is 0 Å². The normalized spacial score (nSPS) is 19.0. The van der Waals surface area contributed by atoms with Crippen LogP contribution in [0.1, 0.15) is 41.7 Å². The molecule has 2 aromatic rings. The first kappa shape index (κ1) is 19.9. The van der Waals surface area contributed by atoms with E-state index in [1.807, 2.05) is 50.2 Å². The summed E-state index contributed by atoms with van der Waals surface area (Å²) in [4.78, 5) is 23.5. The van der Waals surface area contributed by atoms with Gasteiger partial charge < -0.3 is 20.3 Å². The van der Waals surface area contributed by atoms with Crippen molar-refractivity contribution in [2.24, 2.45) is 0 Å². The SMILES string of the molecule is COc1cccc(C(=O)NC2CCC(Nc3nc(C)cc(N(C)C)n3)CC2)c1. The molecule has 1 aliphatic carbocycles. The summed E-state index contributed by atoms with van der Waals surface area (Å²) in [5.41, 5.74) is 1.57. The third kappa shape index (κ3) is 5.12. The van der Waals surface area contributed by atoms with Crippen LogP contribution >= 0.6 is 0 Å². The zero-order valence-corrected chi connectivity index (χ0v) is 17.0. The van der Waals surface area contributed by atoms with E-state index >= 15 is 0 Å². The molecule has 150 valence electrons. The molecule has 1 fully saturated rings. The Balaban J connectivity index is 1.52.